The van der Waals surface area contributed by atoms with Gasteiger partial charge in [0.1, 0.15) is 0 Å². The Morgan fingerprint density at radius 1 is 1.37 bits per heavy atom. The van der Waals surface area contributed by atoms with Gasteiger partial charge in [-0.1, -0.05) is 12.1 Å². The fraction of sp³-hybridized carbons (Fsp3) is 0.533. The van der Waals surface area contributed by atoms with Crippen LogP contribution in [0.2, 0.25) is 0 Å². The van der Waals surface area contributed by atoms with Crippen molar-refractivity contribution in [3.8, 4) is 0 Å². The van der Waals surface area contributed by atoms with Crippen molar-refractivity contribution in [3.63, 3.8) is 0 Å². The van der Waals surface area contributed by atoms with Gasteiger partial charge in [0.15, 0.2) is 0 Å². The molecular formula is C15H22N4. The number of anilines is 1. The molecule has 0 aliphatic carbocycles. The number of nitrogen functional groups attached to an aromatic ring is 1. The molecule has 19 heavy (non-hydrogen) atoms. The van der Waals surface area contributed by atoms with Gasteiger partial charge in [-0.05, 0) is 44.9 Å². The van der Waals surface area contributed by atoms with E-state index in [0.29, 0.717) is 17.9 Å². The van der Waals surface area contributed by atoms with Gasteiger partial charge in [0.05, 0.1) is 11.0 Å². The summed E-state index contributed by atoms with van der Waals surface area (Å²) in [7, 11) is 0. The summed E-state index contributed by atoms with van der Waals surface area (Å²) in [5.41, 5.74) is 8.22. The van der Waals surface area contributed by atoms with Gasteiger partial charge >= 0.3 is 0 Å². The normalized spacial score (nSPS) is 20.7. The lowest BCUT2D eigenvalue weighted by molar-refractivity contribution is 0.261. The van der Waals surface area contributed by atoms with Crippen LogP contribution in [0.3, 0.4) is 0 Å². The molecule has 1 aliphatic heterocycles. The summed E-state index contributed by atoms with van der Waals surface area (Å²) in [6, 6.07) is 8.83. The number of nitrogens with two attached hydrogens (primary N) is 1. The molecule has 1 fully saturated rings. The Balaban J connectivity index is 1.81. The smallest absolute Gasteiger partial charge is 0.201 e. The first kappa shape index (κ1) is 12.5. The second kappa shape index (κ2) is 4.85. The zero-order valence-corrected chi connectivity index (χ0v) is 11.7. The van der Waals surface area contributed by atoms with Crippen LogP contribution in [0.15, 0.2) is 24.3 Å². The lowest BCUT2D eigenvalue weighted by atomic mass is 10.1. The SMILES string of the molecule is CC(C)N1CCC(Cn2c(N)nc3ccccc32)C1. The predicted octanol–water partition coefficient (Wildman–Crippen LogP) is 2.35. The highest BCUT2D eigenvalue weighted by molar-refractivity contribution is 5.78. The number of hydrogen-bond acceptors (Lipinski definition) is 3. The molecule has 1 aromatic heterocycles. The summed E-state index contributed by atoms with van der Waals surface area (Å²) in [4.78, 5) is 6.98. The summed E-state index contributed by atoms with van der Waals surface area (Å²) >= 11 is 0. The molecule has 1 unspecified atom stereocenters. The zero-order valence-electron chi connectivity index (χ0n) is 11.7. The molecule has 1 atom stereocenters. The Morgan fingerprint density at radius 3 is 2.89 bits per heavy atom. The molecule has 0 amide bonds. The molecule has 1 saturated heterocycles. The Morgan fingerprint density at radius 2 is 2.16 bits per heavy atom. The molecule has 2 heterocycles. The van der Waals surface area contributed by atoms with Crippen molar-refractivity contribution in [2.24, 2.45) is 5.92 Å². The Bertz CT molecular complexity index is 573. The van der Waals surface area contributed by atoms with E-state index in [0.717, 1.165) is 17.6 Å². The van der Waals surface area contributed by atoms with E-state index >= 15 is 0 Å². The highest BCUT2D eigenvalue weighted by Gasteiger charge is 2.25. The van der Waals surface area contributed by atoms with Crippen LogP contribution in [-0.2, 0) is 6.54 Å². The first-order valence-electron chi connectivity index (χ1n) is 7.10. The number of imidazole rings is 1. The van der Waals surface area contributed by atoms with Gasteiger partial charge < -0.3 is 15.2 Å². The van der Waals surface area contributed by atoms with Crippen LogP contribution in [0, 0.1) is 5.92 Å². The molecule has 102 valence electrons. The summed E-state index contributed by atoms with van der Waals surface area (Å²) in [6.45, 7) is 7.89. The van der Waals surface area contributed by atoms with E-state index in [1.165, 1.54) is 19.5 Å². The van der Waals surface area contributed by atoms with Crippen molar-refractivity contribution in [1.82, 2.24) is 14.5 Å². The Kier molecular flexibility index (Phi) is 3.19. The van der Waals surface area contributed by atoms with E-state index in [1.54, 1.807) is 0 Å². The maximum absolute atomic E-state index is 6.06. The second-order valence-electron chi connectivity index (χ2n) is 5.81. The van der Waals surface area contributed by atoms with Crippen LogP contribution in [-0.4, -0.2) is 33.6 Å². The quantitative estimate of drug-likeness (QED) is 0.919. The minimum absolute atomic E-state index is 0.641. The fourth-order valence-corrected chi connectivity index (χ4v) is 3.02. The molecule has 0 spiro atoms. The summed E-state index contributed by atoms with van der Waals surface area (Å²) in [5.74, 6) is 1.33. The fourth-order valence-electron chi connectivity index (χ4n) is 3.02. The third-order valence-electron chi connectivity index (χ3n) is 4.17. The van der Waals surface area contributed by atoms with Gasteiger partial charge in [0, 0.05) is 19.1 Å². The van der Waals surface area contributed by atoms with E-state index in [2.05, 4.69) is 40.4 Å². The molecule has 4 nitrogen and oxygen atoms in total. The molecule has 1 aliphatic rings. The van der Waals surface area contributed by atoms with Crippen molar-refractivity contribution >= 4 is 17.0 Å². The number of likely N-dealkylation sites (tertiary alicyclic amines) is 1. The van der Waals surface area contributed by atoms with E-state index in [-0.39, 0.29) is 0 Å². The van der Waals surface area contributed by atoms with Gasteiger partial charge in [0.2, 0.25) is 5.95 Å². The standard InChI is InChI=1S/C15H22N4/c1-11(2)18-8-7-12(9-18)10-19-14-6-4-3-5-13(14)17-15(19)16/h3-6,11-12H,7-10H2,1-2H3,(H2,16,17). The highest BCUT2D eigenvalue weighted by atomic mass is 15.2. The zero-order chi connectivity index (χ0) is 13.4. The van der Waals surface area contributed by atoms with Crippen LogP contribution < -0.4 is 5.73 Å². The molecule has 3 rings (SSSR count). The second-order valence-corrected chi connectivity index (χ2v) is 5.81. The Hall–Kier alpha value is -1.55. The van der Waals surface area contributed by atoms with Crippen molar-refractivity contribution in [2.45, 2.75) is 32.9 Å². The van der Waals surface area contributed by atoms with Crippen LogP contribution in [0.1, 0.15) is 20.3 Å². The lowest BCUT2D eigenvalue weighted by Crippen LogP contribution is -2.28. The molecule has 2 aromatic rings. The number of rotatable bonds is 3. The average Bonchev–Trinajstić information content (AvgIpc) is 2.96. The number of nitrogens with zero attached hydrogens (tertiary/aromatic N) is 3. The average molecular weight is 258 g/mol. The van der Waals surface area contributed by atoms with E-state index < -0.39 is 0 Å². The third kappa shape index (κ3) is 2.32. The molecule has 0 radical (unpaired) electrons. The minimum atomic E-state index is 0.641. The monoisotopic (exact) mass is 258 g/mol. The van der Waals surface area contributed by atoms with Crippen LogP contribution in [0.25, 0.3) is 11.0 Å². The molecule has 2 N–H and O–H groups in total. The number of aromatic nitrogens is 2. The van der Waals surface area contributed by atoms with Gasteiger partial charge in [0.25, 0.3) is 0 Å². The van der Waals surface area contributed by atoms with Gasteiger partial charge in [-0.25, -0.2) is 4.98 Å². The van der Waals surface area contributed by atoms with Gasteiger partial charge in [-0.2, -0.15) is 0 Å². The van der Waals surface area contributed by atoms with Crippen LogP contribution in [0.4, 0.5) is 5.95 Å². The first-order chi connectivity index (χ1) is 9.15. The lowest BCUT2D eigenvalue weighted by Gasteiger charge is -2.20. The Labute approximate surface area is 114 Å². The first-order valence-corrected chi connectivity index (χ1v) is 7.10. The van der Waals surface area contributed by atoms with Crippen molar-refractivity contribution < 1.29 is 0 Å². The van der Waals surface area contributed by atoms with Crippen molar-refractivity contribution in [3.05, 3.63) is 24.3 Å². The highest BCUT2D eigenvalue weighted by Crippen LogP contribution is 2.24. The molecule has 4 heteroatoms. The third-order valence-corrected chi connectivity index (χ3v) is 4.17. The largest absolute Gasteiger partial charge is 0.369 e. The topological polar surface area (TPSA) is 47.1 Å². The summed E-state index contributed by atoms with van der Waals surface area (Å²) in [6.07, 6.45) is 1.25. The van der Waals surface area contributed by atoms with Gasteiger partial charge in [-0.15, -0.1) is 0 Å². The van der Waals surface area contributed by atoms with Crippen LogP contribution in [0.5, 0.6) is 0 Å². The molecule has 0 bridgehead atoms. The van der Waals surface area contributed by atoms with E-state index in [1.807, 2.05) is 12.1 Å². The van der Waals surface area contributed by atoms with Crippen molar-refractivity contribution in [2.75, 3.05) is 18.8 Å². The maximum atomic E-state index is 6.06. The molecular weight excluding hydrogens is 236 g/mol. The number of benzene rings is 1. The van der Waals surface area contributed by atoms with E-state index in [4.69, 9.17) is 5.73 Å². The number of para-hydroxylation sites is 2. The van der Waals surface area contributed by atoms with E-state index in [9.17, 15) is 0 Å². The molecule has 0 saturated carbocycles. The summed E-state index contributed by atoms with van der Waals surface area (Å²) in [5, 5.41) is 0. The minimum Gasteiger partial charge on any atom is -0.369 e. The van der Waals surface area contributed by atoms with Gasteiger partial charge in [-0.3, -0.25) is 0 Å². The predicted molar refractivity (Wildman–Crippen MR) is 79.0 cm³/mol. The number of fused-ring (bicyclic) bond motifs is 1. The summed E-state index contributed by atoms with van der Waals surface area (Å²) < 4.78 is 2.17. The molecule has 1 aromatic carbocycles. The van der Waals surface area contributed by atoms with Crippen molar-refractivity contribution in [1.29, 1.82) is 0 Å². The maximum Gasteiger partial charge on any atom is 0.201 e. The number of hydrogen-bond donors (Lipinski definition) is 1. The van der Waals surface area contributed by atoms with Crippen LogP contribution >= 0.6 is 0 Å².